The molecule has 94 valence electrons. The number of pyridine rings is 1. The summed E-state index contributed by atoms with van der Waals surface area (Å²) in [5.74, 6) is -1.88. The van der Waals surface area contributed by atoms with E-state index in [1.165, 1.54) is 0 Å². The van der Waals surface area contributed by atoms with Crippen LogP contribution in [-0.2, 0) is 5.33 Å². The summed E-state index contributed by atoms with van der Waals surface area (Å²) in [5, 5.41) is 10.8. The van der Waals surface area contributed by atoms with Crippen LogP contribution in [0.2, 0.25) is 0 Å². The first-order valence-corrected chi connectivity index (χ1v) is 6.10. The molecular weight excluding hydrogens is 424 g/mol. The highest BCUT2D eigenvalue weighted by atomic mass is 127. The van der Waals surface area contributed by atoms with Gasteiger partial charge in [0.15, 0.2) is 5.69 Å². The van der Waals surface area contributed by atoms with Crippen LogP contribution >= 0.6 is 38.5 Å². The van der Waals surface area contributed by atoms with Crippen molar-refractivity contribution in [3.8, 4) is 5.75 Å². The van der Waals surface area contributed by atoms with E-state index >= 15 is 0 Å². The normalized spacial score (nSPS) is 11.4. The molecule has 0 aliphatic heterocycles. The summed E-state index contributed by atoms with van der Waals surface area (Å²) in [4.78, 5) is 13.0. The molecule has 0 atom stereocenters. The second kappa shape index (κ2) is 5.33. The Morgan fingerprint density at radius 1 is 1.59 bits per heavy atom. The van der Waals surface area contributed by atoms with Crippen LogP contribution in [0.15, 0.2) is 6.07 Å². The van der Waals surface area contributed by atoms with Crippen LogP contribution in [0.1, 0.15) is 5.69 Å². The Hall–Kier alpha value is -0.650. The molecule has 0 bridgehead atoms. The first kappa shape index (κ1) is 14.4. The number of aromatic nitrogens is 1. The van der Waals surface area contributed by atoms with Gasteiger partial charge in [0.2, 0.25) is 5.75 Å². The van der Waals surface area contributed by atoms with Crippen LogP contribution in [0.3, 0.4) is 0 Å². The number of rotatable bonds is 3. The zero-order valence-electron chi connectivity index (χ0n) is 7.79. The van der Waals surface area contributed by atoms with Crippen molar-refractivity contribution in [2.75, 3.05) is 0 Å². The van der Waals surface area contributed by atoms with Gasteiger partial charge in [-0.15, -0.1) is 13.2 Å². The van der Waals surface area contributed by atoms with E-state index < -0.39 is 22.9 Å². The molecule has 10 heteroatoms. The lowest BCUT2D eigenvalue weighted by molar-refractivity contribution is -0.393. The summed E-state index contributed by atoms with van der Waals surface area (Å²) in [6.45, 7) is 0. The SMILES string of the molecule is O=[N+]([O-])c1nc(CBr)c(I)cc1OC(F)(F)F. The van der Waals surface area contributed by atoms with Gasteiger partial charge < -0.3 is 14.9 Å². The summed E-state index contributed by atoms with van der Waals surface area (Å²) in [7, 11) is 0. The van der Waals surface area contributed by atoms with Crippen LogP contribution in [-0.4, -0.2) is 16.3 Å². The Bertz CT molecular complexity index is 455. The topological polar surface area (TPSA) is 65.3 Å². The van der Waals surface area contributed by atoms with E-state index in [2.05, 4.69) is 25.7 Å². The van der Waals surface area contributed by atoms with Crippen molar-refractivity contribution >= 4 is 44.3 Å². The van der Waals surface area contributed by atoms with Crippen molar-refractivity contribution in [2.24, 2.45) is 0 Å². The molecule has 0 fully saturated rings. The summed E-state index contributed by atoms with van der Waals surface area (Å²) < 4.78 is 39.9. The average molecular weight is 427 g/mol. The van der Waals surface area contributed by atoms with Gasteiger partial charge in [0.05, 0.1) is 8.90 Å². The van der Waals surface area contributed by atoms with Crippen molar-refractivity contribution in [3.63, 3.8) is 0 Å². The van der Waals surface area contributed by atoms with Gasteiger partial charge in [-0.3, -0.25) is 0 Å². The molecule has 0 spiro atoms. The van der Waals surface area contributed by atoms with Crippen LogP contribution in [0.4, 0.5) is 19.0 Å². The number of ether oxygens (including phenoxy) is 1. The summed E-state index contributed by atoms with van der Waals surface area (Å²) in [6, 6.07) is 0.926. The molecule has 17 heavy (non-hydrogen) atoms. The molecular formula is C7H3BrF3IN2O3. The molecule has 1 rings (SSSR count). The molecule has 0 saturated carbocycles. The van der Waals surface area contributed by atoms with Crippen LogP contribution in [0, 0.1) is 13.7 Å². The minimum atomic E-state index is -4.99. The van der Waals surface area contributed by atoms with Gasteiger partial charge in [0.25, 0.3) is 0 Å². The minimum absolute atomic E-state index is 0.193. The Kier molecular flexibility index (Phi) is 4.52. The highest BCUT2D eigenvalue weighted by molar-refractivity contribution is 14.1. The first-order valence-electron chi connectivity index (χ1n) is 3.90. The lowest BCUT2D eigenvalue weighted by Crippen LogP contribution is -2.18. The largest absolute Gasteiger partial charge is 0.573 e. The fourth-order valence-electron chi connectivity index (χ4n) is 0.924. The predicted molar refractivity (Wildman–Crippen MR) is 62.9 cm³/mol. The number of halogens is 5. The molecule has 0 aromatic carbocycles. The maximum Gasteiger partial charge on any atom is 0.573 e. The van der Waals surface area contributed by atoms with Gasteiger partial charge >= 0.3 is 12.2 Å². The van der Waals surface area contributed by atoms with Crippen molar-refractivity contribution in [1.29, 1.82) is 0 Å². The fraction of sp³-hybridized carbons (Fsp3) is 0.286. The summed E-state index contributed by atoms with van der Waals surface area (Å²) in [5.41, 5.74) is 0.270. The predicted octanol–water partition coefficient (Wildman–Crippen LogP) is 3.39. The molecule has 0 radical (unpaired) electrons. The number of alkyl halides is 4. The van der Waals surface area contributed by atoms with E-state index in [1.54, 1.807) is 22.6 Å². The van der Waals surface area contributed by atoms with E-state index in [0.717, 1.165) is 6.07 Å². The lowest BCUT2D eigenvalue weighted by atomic mass is 10.3. The molecule has 0 unspecified atom stereocenters. The van der Waals surface area contributed by atoms with Gasteiger partial charge in [-0.1, -0.05) is 15.9 Å². The Balaban J connectivity index is 3.28. The quantitative estimate of drug-likeness (QED) is 0.321. The van der Waals surface area contributed by atoms with Crippen molar-refractivity contribution < 1.29 is 22.8 Å². The second-order valence-corrected chi connectivity index (χ2v) is 4.40. The summed E-state index contributed by atoms with van der Waals surface area (Å²) >= 11 is 4.74. The van der Waals surface area contributed by atoms with Crippen molar-refractivity contribution in [3.05, 3.63) is 25.4 Å². The minimum Gasteiger partial charge on any atom is -0.397 e. The van der Waals surface area contributed by atoms with Crippen LogP contribution < -0.4 is 4.74 Å². The molecule has 0 N–H and O–H groups in total. The maximum atomic E-state index is 12.0. The standard InChI is InChI=1S/C7H3BrF3IN2O3/c8-2-4-3(12)1-5(17-7(9,10)11)6(13-4)14(15)16/h1H,2H2. The molecule has 0 saturated heterocycles. The molecule has 0 amide bonds. The number of hydrogen-bond acceptors (Lipinski definition) is 4. The number of nitrogens with zero attached hydrogens (tertiary/aromatic N) is 2. The van der Waals surface area contributed by atoms with E-state index in [-0.39, 0.29) is 11.0 Å². The number of hydrogen-bond donors (Lipinski definition) is 0. The van der Waals surface area contributed by atoms with E-state index in [9.17, 15) is 23.3 Å². The van der Waals surface area contributed by atoms with Crippen molar-refractivity contribution in [2.45, 2.75) is 11.7 Å². The smallest absolute Gasteiger partial charge is 0.397 e. The molecule has 0 aliphatic rings. The first-order chi connectivity index (χ1) is 7.74. The molecule has 1 aromatic rings. The fourth-order valence-corrected chi connectivity index (χ4v) is 2.47. The summed E-state index contributed by atoms with van der Waals surface area (Å²) in [6.07, 6.45) is -4.99. The highest BCUT2D eigenvalue weighted by Gasteiger charge is 2.35. The van der Waals surface area contributed by atoms with Crippen LogP contribution in [0.25, 0.3) is 0 Å². The Morgan fingerprint density at radius 2 is 2.18 bits per heavy atom. The van der Waals surface area contributed by atoms with Crippen molar-refractivity contribution in [1.82, 2.24) is 4.98 Å². The monoisotopic (exact) mass is 426 g/mol. The van der Waals surface area contributed by atoms with Crippen LogP contribution in [0.5, 0.6) is 5.75 Å². The Labute approximate surface area is 115 Å². The van der Waals surface area contributed by atoms with Gasteiger partial charge in [-0.05, 0) is 32.5 Å². The molecule has 1 heterocycles. The van der Waals surface area contributed by atoms with Gasteiger partial charge in [0, 0.05) is 6.07 Å². The third-order valence-electron chi connectivity index (χ3n) is 1.52. The van der Waals surface area contributed by atoms with Gasteiger partial charge in [0.1, 0.15) is 0 Å². The Morgan fingerprint density at radius 3 is 2.59 bits per heavy atom. The molecule has 1 aromatic heterocycles. The van der Waals surface area contributed by atoms with E-state index in [1.807, 2.05) is 0 Å². The van der Waals surface area contributed by atoms with E-state index in [0.29, 0.717) is 3.57 Å². The molecule has 0 aliphatic carbocycles. The third-order valence-corrected chi connectivity index (χ3v) is 2.99. The zero-order valence-corrected chi connectivity index (χ0v) is 11.5. The van der Waals surface area contributed by atoms with E-state index in [4.69, 9.17) is 0 Å². The second-order valence-electron chi connectivity index (χ2n) is 2.68. The lowest BCUT2D eigenvalue weighted by Gasteiger charge is -2.09. The maximum absolute atomic E-state index is 12.0. The number of nitro groups is 1. The third kappa shape index (κ3) is 3.94. The average Bonchev–Trinajstić information content (AvgIpc) is 2.14. The van der Waals surface area contributed by atoms with Gasteiger partial charge in [-0.2, -0.15) is 0 Å². The highest BCUT2D eigenvalue weighted by Crippen LogP contribution is 2.33. The van der Waals surface area contributed by atoms with Gasteiger partial charge in [-0.25, -0.2) is 0 Å². The zero-order chi connectivity index (χ0) is 13.2. The molecule has 5 nitrogen and oxygen atoms in total.